The van der Waals surface area contributed by atoms with E-state index in [1.165, 1.54) is 0 Å². The van der Waals surface area contributed by atoms with E-state index in [0.717, 1.165) is 50.8 Å². The predicted molar refractivity (Wildman–Crippen MR) is 111 cm³/mol. The lowest BCUT2D eigenvalue weighted by atomic mass is 10.1. The molecule has 1 saturated heterocycles. The maximum Gasteiger partial charge on any atom is 0.253 e. The van der Waals surface area contributed by atoms with Crippen LogP contribution in [0.5, 0.6) is 0 Å². The zero-order valence-electron chi connectivity index (χ0n) is 17.4. The van der Waals surface area contributed by atoms with Crippen molar-refractivity contribution in [1.29, 1.82) is 0 Å². The van der Waals surface area contributed by atoms with Crippen molar-refractivity contribution >= 4 is 17.8 Å². The Bertz CT molecular complexity index is 678. The number of nitrogens with zero attached hydrogens (tertiary/aromatic N) is 4. The number of aliphatic imine (C=N–C) groups is 1. The molecule has 1 aromatic carbocycles. The molecule has 0 saturated carbocycles. The fraction of sp³-hybridized carbons (Fsp3) is 0.550. The highest BCUT2D eigenvalue weighted by Crippen LogP contribution is 2.06. The van der Waals surface area contributed by atoms with Gasteiger partial charge in [-0.1, -0.05) is 12.1 Å². The number of carbonyl (C=O) groups is 2. The molecule has 2 N–H and O–H groups in total. The molecule has 0 bridgehead atoms. The van der Waals surface area contributed by atoms with E-state index < -0.39 is 0 Å². The molecule has 28 heavy (non-hydrogen) atoms. The van der Waals surface area contributed by atoms with Gasteiger partial charge in [-0.3, -0.25) is 19.5 Å². The molecule has 0 spiro atoms. The Balaban J connectivity index is 1.70. The summed E-state index contributed by atoms with van der Waals surface area (Å²) in [5.41, 5.74) is 1.76. The summed E-state index contributed by atoms with van der Waals surface area (Å²) in [6, 6.07) is 7.59. The standard InChI is InChI=1S/C20H32N6O2/c1-16(27)26-13-11-25(12-14-26)10-9-22-20(21-2)23-15-17-5-7-18(8-6-17)19(28)24(3)4/h5-8H,9-15H2,1-4H3,(H2,21,22,23). The number of carbonyl (C=O) groups excluding carboxylic acids is 2. The minimum absolute atomic E-state index is 0.00104. The Morgan fingerprint density at radius 1 is 1.07 bits per heavy atom. The molecular weight excluding hydrogens is 356 g/mol. The highest BCUT2D eigenvalue weighted by molar-refractivity contribution is 5.93. The summed E-state index contributed by atoms with van der Waals surface area (Å²) >= 11 is 0. The summed E-state index contributed by atoms with van der Waals surface area (Å²) < 4.78 is 0. The molecule has 1 aliphatic rings. The van der Waals surface area contributed by atoms with Crippen LogP contribution < -0.4 is 10.6 Å². The van der Waals surface area contributed by atoms with Gasteiger partial charge in [0.05, 0.1) is 0 Å². The van der Waals surface area contributed by atoms with Crippen molar-refractivity contribution in [2.75, 3.05) is 60.4 Å². The van der Waals surface area contributed by atoms with Crippen LogP contribution in [0, 0.1) is 0 Å². The van der Waals surface area contributed by atoms with E-state index in [1.54, 1.807) is 33.0 Å². The van der Waals surface area contributed by atoms with Crippen molar-refractivity contribution in [3.8, 4) is 0 Å². The van der Waals surface area contributed by atoms with Crippen LogP contribution in [0.3, 0.4) is 0 Å². The van der Waals surface area contributed by atoms with Gasteiger partial charge in [-0.25, -0.2) is 0 Å². The summed E-state index contributed by atoms with van der Waals surface area (Å²) in [7, 11) is 5.24. The number of amides is 2. The van der Waals surface area contributed by atoms with E-state index in [2.05, 4.69) is 20.5 Å². The van der Waals surface area contributed by atoms with Crippen molar-refractivity contribution in [2.24, 2.45) is 4.99 Å². The normalized spacial score (nSPS) is 15.3. The number of hydrogen-bond donors (Lipinski definition) is 2. The van der Waals surface area contributed by atoms with Gasteiger partial charge in [0, 0.05) is 79.4 Å². The van der Waals surface area contributed by atoms with Gasteiger partial charge in [-0.05, 0) is 17.7 Å². The van der Waals surface area contributed by atoms with Crippen LogP contribution >= 0.6 is 0 Å². The molecule has 0 aromatic heterocycles. The van der Waals surface area contributed by atoms with Crippen LogP contribution in [0.4, 0.5) is 0 Å². The molecule has 154 valence electrons. The van der Waals surface area contributed by atoms with Crippen molar-refractivity contribution in [3.63, 3.8) is 0 Å². The molecule has 0 aliphatic carbocycles. The van der Waals surface area contributed by atoms with Gasteiger partial charge >= 0.3 is 0 Å². The fourth-order valence-corrected chi connectivity index (χ4v) is 3.05. The molecule has 1 heterocycles. The van der Waals surface area contributed by atoms with Gasteiger partial charge < -0.3 is 20.4 Å². The van der Waals surface area contributed by atoms with Crippen molar-refractivity contribution in [1.82, 2.24) is 25.3 Å². The number of rotatable bonds is 6. The van der Waals surface area contributed by atoms with E-state index in [4.69, 9.17) is 0 Å². The van der Waals surface area contributed by atoms with Gasteiger partial charge in [-0.2, -0.15) is 0 Å². The number of guanidine groups is 1. The summed E-state index contributed by atoms with van der Waals surface area (Å²) in [5.74, 6) is 0.901. The molecule has 2 amide bonds. The van der Waals surface area contributed by atoms with Gasteiger partial charge in [0.2, 0.25) is 5.91 Å². The van der Waals surface area contributed by atoms with Crippen LogP contribution in [0.25, 0.3) is 0 Å². The third-order valence-corrected chi connectivity index (χ3v) is 4.83. The Labute approximate surface area is 167 Å². The van der Waals surface area contributed by atoms with E-state index in [0.29, 0.717) is 12.1 Å². The molecule has 1 fully saturated rings. The SMILES string of the molecule is CN=C(NCCN1CCN(C(C)=O)CC1)NCc1ccc(C(=O)N(C)C)cc1. The number of piperazine rings is 1. The Hall–Kier alpha value is -2.61. The van der Waals surface area contributed by atoms with E-state index in [1.807, 2.05) is 29.2 Å². The first-order valence-electron chi connectivity index (χ1n) is 9.63. The fourth-order valence-electron chi connectivity index (χ4n) is 3.05. The molecule has 0 radical (unpaired) electrons. The zero-order chi connectivity index (χ0) is 20.5. The number of hydrogen-bond acceptors (Lipinski definition) is 4. The van der Waals surface area contributed by atoms with E-state index >= 15 is 0 Å². The van der Waals surface area contributed by atoms with Crippen LogP contribution in [-0.2, 0) is 11.3 Å². The van der Waals surface area contributed by atoms with Gasteiger partial charge in [0.1, 0.15) is 0 Å². The second-order valence-corrected chi connectivity index (χ2v) is 7.10. The first-order chi connectivity index (χ1) is 13.4. The Kier molecular flexibility index (Phi) is 8.25. The predicted octanol–water partition coefficient (Wildman–Crippen LogP) is 0.218. The number of benzene rings is 1. The molecule has 2 rings (SSSR count). The van der Waals surface area contributed by atoms with Crippen molar-refractivity contribution < 1.29 is 9.59 Å². The quantitative estimate of drug-likeness (QED) is 0.538. The highest BCUT2D eigenvalue weighted by atomic mass is 16.2. The maximum absolute atomic E-state index is 11.9. The lowest BCUT2D eigenvalue weighted by Crippen LogP contribution is -2.50. The first kappa shape index (κ1) is 21.7. The maximum atomic E-state index is 11.9. The van der Waals surface area contributed by atoms with Crippen LogP contribution in [-0.4, -0.2) is 92.9 Å². The summed E-state index contributed by atoms with van der Waals surface area (Å²) in [4.78, 5) is 33.4. The smallest absolute Gasteiger partial charge is 0.253 e. The molecule has 1 aliphatic heterocycles. The molecule has 0 atom stereocenters. The van der Waals surface area contributed by atoms with Crippen molar-refractivity contribution in [3.05, 3.63) is 35.4 Å². The van der Waals surface area contributed by atoms with Gasteiger partial charge in [-0.15, -0.1) is 0 Å². The van der Waals surface area contributed by atoms with Crippen molar-refractivity contribution in [2.45, 2.75) is 13.5 Å². The molecular formula is C20H32N6O2. The number of nitrogens with one attached hydrogen (secondary N) is 2. The lowest BCUT2D eigenvalue weighted by Gasteiger charge is -2.34. The molecule has 8 nitrogen and oxygen atoms in total. The van der Waals surface area contributed by atoms with Crippen LogP contribution in [0.1, 0.15) is 22.8 Å². The molecule has 1 aromatic rings. The molecule has 8 heteroatoms. The first-order valence-corrected chi connectivity index (χ1v) is 9.63. The van der Waals surface area contributed by atoms with Crippen LogP contribution in [0.2, 0.25) is 0 Å². The highest BCUT2D eigenvalue weighted by Gasteiger charge is 2.17. The van der Waals surface area contributed by atoms with Crippen LogP contribution in [0.15, 0.2) is 29.3 Å². The Morgan fingerprint density at radius 2 is 1.71 bits per heavy atom. The minimum Gasteiger partial charge on any atom is -0.355 e. The van der Waals surface area contributed by atoms with Gasteiger partial charge in [0.25, 0.3) is 5.91 Å². The minimum atomic E-state index is 0.00104. The lowest BCUT2D eigenvalue weighted by molar-refractivity contribution is -0.130. The zero-order valence-corrected chi connectivity index (χ0v) is 17.4. The Morgan fingerprint density at radius 3 is 2.25 bits per heavy atom. The average Bonchev–Trinajstić information content (AvgIpc) is 2.70. The van der Waals surface area contributed by atoms with E-state index in [-0.39, 0.29) is 11.8 Å². The van der Waals surface area contributed by atoms with Gasteiger partial charge in [0.15, 0.2) is 5.96 Å². The second-order valence-electron chi connectivity index (χ2n) is 7.10. The molecule has 0 unspecified atom stereocenters. The monoisotopic (exact) mass is 388 g/mol. The summed E-state index contributed by atoms with van der Waals surface area (Å²) in [5, 5.41) is 6.61. The second kappa shape index (κ2) is 10.7. The topological polar surface area (TPSA) is 80.3 Å². The summed E-state index contributed by atoms with van der Waals surface area (Å²) in [6.07, 6.45) is 0. The average molecular weight is 389 g/mol. The third kappa shape index (κ3) is 6.53. The largest absolute Gasteiger partial charge is 0.355 e. The van der Waals surface area contributed by atoms with E-state index in [9.17, 15) is 9.59 Å². The third-order valence-electron chi connectivity index (χ3n) is 4.83. The summed E-state index contributed by atoms with van der Waals surface area (Å²) in [6.45, 7) is 7.37.